The number of unbranched alkanes of at least 4 members (excludes halogenated alkanes) is 40. The standard InChI is InChI=1S/C69H131NO18/c1-3-5-7-9-11-13-15-17-19-21-23-24-25-26-27-29-31-33-35-37-39-41-43-45-47-57(75)70-52(53(74)46-44-42-40-38-36-34-32-30-28-22-20-18-16-14-12-10-8-6-4-2)51-83-67-63(81)60(78)65(55(49-72)85-67)88-69-64(82)61(79)66(56(50-73)86-69)87-68-62(80)59(77)58(76)54(48-71)84-68/h44,46,52-56,58-69,71-74,76-82H,3-43,45,47-51H2,1-2H3,(H,70,75)/b46-44+. The predicted molar refractivity (Wildman–Crippen MR) is 342 cm³/mol. The van der Waals surface area contributed by atoms with E-state index in [1.807, 2.05) is 6.08 Å². The first-order chi connectivity index (χ1) is 42.8. The molecule has 0 spiro atoms. The summed E-state index contributed by atoms with van der Waals surface area (Å²) in [6.07, 6.45) is 30.4. The van der Waals surface area contributed by atoms with Crippen LogP contribution < -0.4 is 5.32 Å². The lowest BCUT2D eigenvalue weighted by atomic mass is 9.96. The summed E-state index contributed by atoms with van der Waals surface area (Å²) >= 11 is 0. The van der Waals surface area contributed by atoms with Crippen molar-refractivity contribution in [1.29, 1.82) is 0 Å². The minimum Gasteiger partial charge on any atom is -0.394 e. The number of ether oxygens (including phenoxy) is 6. The highest BCUT2D eigenvalue weighted by Crippen LogP contribution is 2.33. The summed E-state index contributed by atoms with van der Waals surface area (Å²) in [5, 5.41) is 121. The Bertz CT molecular complexity index is 1650. The molecule has 0 saturated carbocycles. The molecule has 0 aliphatic carbocycles. The minimum absolute atomic E-state index is 0.250. The summed E-state index contributed by atoms with van der Waals surface area (Å²) in [5.41, 5.74) is 0. The maximum Gasteiger partial charge on any atom is 0.220 e. The number of allylic oxidation sites excluding steroid dienone is 1. The van der Waals surface area contributed by atoms with E-state index < -0.39 is 124 Å². The Balaban J connectivity index is 1.43. The number of aliphatic hydroxyl groups excluding tert-OH is 11. The second kappa shape index (κ2) is 51.9. The molecule has 3 heterocycles. The van der Waals surface area contributed by atoms with Gasteiger partial charge in [-0.3, -0.25) is 4.79 Å². The molecule has 12 N–H and O–H groups in total. The van der Waals surface area contributed by atoms with Crippen molar-refractivity contribution < 1.29 is 89.4 Å². The zero-order valence-electron chi connectivity index (χ0n) is 55.0. The highest BCUT2D eigenvalue weighted by Gasteiger charge is 2.53. The first kappa shape index (κ1) is 80.8. The van der Waals surface area contributed by atoms with E-state index in [1.165, 1.54) is 218 Å². The smallest absolute Gasteiger partial charge is 0.220 e. The predicted octanol–water partition coefficient (Wildman–Crippen LogP) is 9.67. The van der Waals surface area contributed by atoms with Crippen LogP contribution in [0.5, 0.6) is 0 Å². The lowest BCUT2D eigenvalue weighted by molar-refractivity contribution is -0.379. The van der Waals surface area contributed by atoms with E-state index in [9.17, 15) is 61.0 Å². The van der Waals surface area contributed by atoms with E-state index in [1.54, 1.807) is 6.08 Å². The van der Waals surface area contributed by atoms with E-state index in [0.717, 1.165) is 44.9 Å². The zero-order chi connectivity index (χ0) is 64.0. The monoisotopic (exact) mass is 1260 g/mol. The lowest BCUT2D eigenvalue weighted by Gasteiger charge is -2.48. The molecule has 0 radical (unpaired) electrons. The van der Waals surface area contributed by atoms with Crippen molar-refractivity contribution >= 4 is 5.91 Å². The van der Waals surface area contributed by atoms with Gasteiger partial charge in [-0.2, -0.15) is 0 Å². The molecule has 17 atom stereocenters. The first-order valence-corrected chi connectivity index (χ1v) is 35.9. The Morgan fingerprint density at radius 3 is 1.07 bits per heavy atom. The van der Waals surface area contributed by atoms with Gasteiger partial charge in [-0.25, -0.2) is 0 Å². The number of nitrogens with one attached hydrogen (secondary N) is 1. The fourth-order valence-electron chi connectivity index (χ4n) is 12.5. The average molecular weight is 1260 g/mol. The zero-order valence-corrected chi connectivity index (χ0v) is 55.0. The van der Waals surface area contributed by atoms with Crippen molar-refractivity contribution in [3.05, 3.63) is 12.2 Å². The van der Waals surface area contributed by atoms with E-state index >= 15 is 0 Å². The largest absolute Gasteiger partial charge is 0.394 e. The van der Waals surface area contributed by atoms with Gasteiger partial charge in [0.1, 0.15) is 73.2 Å². The SMILES string of the molecule is CCCCCCCCCCCCCCCCCCC/C=C/C(O)C(COC1OC(CO)C(OC2OC(CO)C(OC3OC(CO)C(O)C(O)C3O)C(O)C2O)C(O)C1O)NC(=O)CCCCCCCCCCCCCCCCCCCCCCCCCC. The van der Waals surface area contributed by atoms with Crippen molar-refractivity contribution in [1.82, 2.24) is 5.32 Å². The third kappa shape index (κ3) is 33.6. The molecule has 3 aliphatic rings. The third-order valence-corrected chi connectivity index (χ3v) is 18.3. The van der Waals surface area contributed by atoms with E-state index in [2.05, 4.69) is 19.2 Å². The number of rotatable bonds is 56. The molecule has 0 aromatic carbocycles. The molecule has 1 amide bonds. The van der Waals surface area contributed by atoms with Crippen molar-refractivity contribution in [2.24, 2.45) is 0 Å². The Morgan fingerprint density at radius 2 is 0.705 bits per heavy atom. The van der Waals surface area contributed by atoms with Crippen LogP contribution in [0.4, 0.5) is 0 Å². The maximum atomic E-state index is 13.4. The Labute approximate surface area is 531 Å². The summed E-state index contributed by atoms with van der Waals surface area (Å²) in [6.45, 7) is 1.78. The number of hydrogen-bond donors (Lipinski definition) is 12. The van der Waals surface area contributed by atoms with E-state index in [4.69, 9.17) is 28.4 Å². The van der Waals surface area contributed by atoms with Gasteiger partial charge in [0.2, 0.25) is 5.91 Å². The summed E-state index contributed by atoms with van der Waals surface area (Å²) in [6, 6.07) is -0.969. The molecule has 3 rings (SSSR count). The molecule has 19 heteroatoms. The molecule has 0 bridgehead atoms. The van der Waals surface area contributed by atoms with Gasteiger partial charge in [0, 0.05) is 6.42 Å². The summed E-state index contributed by atoms with van der Waals surface area (Å²) in [5.74, 6) is -0.268. The minimum atomic E-state index is -1.98. The fourth-order valence-corrected chi connectivity index (χ4v) is 12.5. The van der Waals surface area contributed by atoms with Gasteiger partial charge in [-0.15, -0.1) is 0 Å². The van der Waals surface area contributed by atoms with Gasteiger partial charge < -0.3 is 89.9 Å². The van der Waals surface area contributed by atoms with Crippen molar-refractivity contribution in [3.63, 3.8) is 0 Å². The number of carbonyl (C=O) groups excluding carboxylic acids is 1. The van der Waals surface area contributed by atoms with Gasteiger partial charge in [0.05, 0.1) is 38.6 Å². The Morgan fingerprint density at radius 1 is 0.398 bits per heavy atom. The number of hydrogen-bond acceptors (Lipinski definition) is 18. The fraction of sp³-hybridized carbons (Fsp3) is 0.957. The van der Waals surface area contributed by atoms with Crippen molar-refractivity contribution in [2.45, 2.75) is 394 Å². The number of aliphatic hydroxyl groups is 11. The molecule has 19 nitrogen and oxygen atoms in total. The van der Waals surface area contributed by atoms with Gasteiger partial charge in [0.15, 0.2) is 18.9 Å². The van der Waals surface area contributed by atoms with Crippen LogP contribution in [-0.2, 0) is 33.2 Å². The molecule has 3 saturated heterocycles. The lowest BCUT2D eigenvalue weighted by Crippen LogP contribution is -2.66. The molecule has 17 unspecified atom stereocenters. The second-order valence-corrected chi connectivity index (χ2v) is 26.1. The van der Waals surface area contributed by atoms with Crippen LogP contribution in [0.2, 0.25) is 0 Å². The van der Waals surface area contributed by atoms with Crippen LogP contribution in [0.1, 0.15) is 290 Å². The van der Waals surface area contributed by atoms with Crippen molar-refractivity contribution in [2.75, 3.05) is 26.4 Å². The Kier molecular flexibility index (Phi) is 47.6. The van der Waals surface area contributed by atoms with Crippen LogP contribution in [0.15, 0.2) is 12.2 Å². The van der Waals surface area contributed by atoms with Crippen LogP contribution in [0.25, 0.3) is 0 Å². The van der Waals surface area contributed by atoms with Gasteiger partial charge in [-0.05, 0) is 19.3 Å². The quantitative estimate of drug-likeness (QED) is 0.0199. The third-order valence-electron chi connectivity index (χ3n) is 18.3. The molecule has 520 valence electrons. The van der Waals surface area contributed by atoms with E-state index in [0.29, 0.717) is 6.42 Å². The van der Waals surface area contributed by atoms with Gasteiger partial charge in [0.25, 0.3) is 0 Å². The maximum absolute atomic E-state index is 13.4. The van der Waals surface area contributed by atoms with Gasteiger partial charge >= 0.3 is 0 Å². The Hall–Kier alpha value is -1.47. The highest BCUT2D eigenvalue weighted by atomic mass is 16.8. The topological polar surface area (TPSA) is 307 Å². The summed E-state index contributed by atoms with van der Waals surface area (Å²) in [4.78, 5) is 13.4. The molecular weight excluding hydrogens is 1130 g/mol. The second-order valence-electron chi connectivity index (χ2n) is 26.1. The van der Waals surface area contributed by atoms with E-state index in [-0.39, 0.29) is 18.9 Å². The van der Waals surface area contributed by atoms with Crippen LogP contribution in [0, 0.1) is 0 Å². The summed E-state index contributed by atoms with van der Waals surface area (Å²) in [7, 11) is 0. The van der Waals surface area contributed by atoms with Crippen LogP contribution >= 0.6 is 0 Å². The highest BCUT2D eigenvalue weighted by molar-refractivity contribution is 5.76. The van der Waals surface area contributed by atoms with Crippen LogP contribution in [0.3, 0.4) is 0 Å². The molecule has 0 aromatic rings. The summed E-state index contributed by atoms with van der Waals surface area (Å²) < 4.78 is 34.4. The molecule has 0 aromatic heterocycles. The molecule has 3 fully saturated rings. The molecule has 88 heavy (non-hydrogen) atoms. The number of amides is 1. The van der Waals surface area contributed by atoms with Crippen molar-refractivity contribution in [3.8, 4) is 0 Å². The normalized spacial score (nSPS) is 28.4. The van der Waals surface area contributed by atoms with Gasteiger partial charge in [-0.1, -0.05) is 276 Å². The number of carbonyl (C=O) groups is 1. The molecular formula is C69H131NO18. The van der Waals surface area contributed by atoms with Crippen LogP contribution in [-0.4, -0.2) is 193 Å². The first-order valence-electron chi connectivity index (χ1n) is 35.9. The average Bonchev–Trinajstić information content (AvgIpc) is 3.69. The molecule has 3 aliphatic heterocycles.